The molecule has 0 amide bonds. The van der Waals surface area contributed by atoms with E-state index in [1.807, 2.05) is 6.07 Å². The molecule has 1 aliphatic carbocycles. The Kier molecular flexibility index (Phi) is 3.19. The third kappa shape index (κ3) is 2.56. The third-order valence-electron chi connectivity index (χ3n) is 3.57. The smallest absolute Gasteiger partial charge is 0.335 e. The van der Waals surface area contributed by atoms with Crippen LogP contribution in [0.15, 0.2) is 24.3 Å². The van der Waals surface area contributed by atoms with Crippen LogP contribution < -0.4 is 0 Å². The van der Waals surface area contributed by atoms with Crippen LogP contribution in [0.3, 0.4) is 0 Å². The Hall–Kier alpha value is -1.36. The highest BCUT2D eigenvalue weighted by atomic mass is 32.2. The molecule has 18 heavy (non-hydrogen) atoms. The van der Waals surface area contributed by atoms with Crippen LogP contribution in [0.5, 0.6) is 0 Å². The summed E-state index contributed by atoms with van der Waals surface area (Å²) in [5.41, 5.74) is 0.672. The number of sulfone groups is 1. The first-order chi connectivity index (χ1) is 8.32. The van der Waals surface area contributed by atoms with E-state index in [0.717, 1.165) is 24.8 Å². The minimum Gasteiger partial charge on any atom is -0.478 e. The van der Waals surface area contributed by atoms with Gasteiger partial charge in [-0.3, -0.25) is 0 Å². The summed E-state index contributed by atoms with van der Waals surface area (Å²) >= 11 is 0. The van der Waals surface area contributed by atoms with Crippen molar-refractivity contribution in [1.29, 1.82) is 0 Å². The summed E-state index contributed by atoms with van der Waals surface area (Å²) in [4.78, 5) is 11.0. The van der Waals surface area contributed by atoms with Crippen LogP contribution in [0.4, 0.5) is 0 Å². The van der Waals surface area contributed by atoms with E-state index in [-0.39, 0.29) is 16.7 Å². The lowest BCUT2D eigenvalue weighted by molar-refractivity contribution is 0.0696. The number of carbonyl (C=O) groups is 1. The van der Waals surface area contributed by atoms with Gasteiger partial charge in [0, 0.05) is 11.7 Å². The number of aromatic carboxylic acids is 1. The van der Waals surface area contributed by atoms with Crippen molar-refractivity contribution in [3.8, 4) is 0 Å². The number of carboxylic acid groups (broad SMARTS) is 1. The van der Waals surface area contributed by atoms with Gasteiger partial charge in [0.15, 0.2) is 0 Å². The van der Waals surface area contributed by atoms with Crippen LogP contribution in [0, 0.1) is 0 Å². The van der Waals surface area contributed by atoms with E-state index in [4.69, 9.17) is 5.11 Å². The second kappa shape index (κ2) is 4.39. The molecule has 1 aliphatic rings. The fourth-order valence-electron chi connectivity index (χ4n) is 2.60. The van der Waals surface area contributed by atoms with E-state index in [2.05, 4.69) is 0 Å². The molecule has 0 bridgehead atoms. The molecule has 0 spiro atoms. The molecule has 0 saturated heterocycles. The van der Waals surface area contributed by atoms with E-state index >= 15 is 0 Å². The number of rotatable bonds is 4. The van der Waals surface area contributed by atoms with Crippen molar-refractivity contribution >= 4 is 15.8 Å². The van der Waals surface area contributed by atoms with Gasteiger partial charge in [-0.05, 0) is 30.5 Å². The molecule has 1 aromatic carbocycles. The first-order valence-corrected chi connectivity index (χ1v) is 7.90. The number of hydrogen-bond acceptors (Lipinski definition) is 3. The summed E-state index contributed by atoms with van der Waals surface area (Å²) in [6.07, 6.45) is 3.84. The first-order valence-electron chi connectivity index (χ1n) is 5.84. The topological polar surface area (TPSA) is 71.4 Å². The zero-order valence-electron chi connectivity index (χ0n) is 10.2. The van der Waals surface area contributed by atoms with Crippen LogP contribution in [-0.2, 0) is 15.3 Å². The summed E-state index contributed by atoms with van der Waals surface area (Å²) in [7, 11) is -3.07. The molecule has 2 rings (SSSR count). The molecular weight excluding hydrogens is 252 g/mol. The van der Waals surface area contributed by atoms with Gasteiger partial charge in [-0.1, -0.05) is 18.6 Å². The van der Waals surface area contributed by atoms with Crippen LogP contribution >= 0.6 is 0 Å². The maximum Gasteiger partial charge on any atom is 0.335 e. The Bertz CT molecular complexity index is 570. The van der Waals surface area contributed by atoms with Crippen molar-refractivity contribution < 1.29 is 18.3 Å². The SMILES string of the molecule is CS(=O)(=O)CC1(c2cccc(C(=O)O)c2)CCC1. The number of benzene rings is 1. The van der Waals surface area contributed by atoms with Crippen molar-refractivity contribution in [2.75, 3.05) is 12.0 Å². The molecule has 0 atom stereocenters. The van der Waals surface area contributed by atoms with E-state index in [9.17, 15) is 13.2 Å². The van der Waals surface area contributed by atoms with Crippen molar-refractivity contribution in [3.63, 3.8) is 0 Å². The summed E-state index contributed by atoms with van der Waals surface area (Å²) in [6.45, 7) is 0. The maximum atomic E-state index is 11.5. The predicted molar refractivity (Wildman–Crippen MR) is 68.6 cm³/mol. The fraction of sp³-hybridized carbons (Fsp3) is 0.462. The lowest BCUT2D eigenvalue weighted by Crippen LogP contribution is -2.40. The van der Waals surface area contributed by atoms with Gasteiger partial charge < -0.3 is 5.11 Å². The molecule has 0 heterocycles. The van der Waals surface area contributed by atoms with Gasteiger partial charge in [-0.25, -0.2) is 13.2 Å². The normalized spacial score (nSPS) is 18.1. The van der Waals surface area contributed by atoms with Crippen LogP contribution in [-0.4, -0.2) is 31.5 Å². The zero-order valence-corrected chi connectivity index (χ0v) is 11.0. The van der Waals surface area contributed by atoms with Gasteiger partial charge in [0.1, 0.15) is 9.84 Å². The van der Waals surface area contributed by atoms with Gasteiger partial charge in [0.05, 0.1) is 11.3 Å². The molecule has 0 aromatic heterocycles. The second-order valence-corrected chi connectivity index (χ2v) is 7.23. The quantitative estimate of drug-likeness (QED) is 0.904. The lowest BCUT2D eigenvalue weighted by Gasteiger charge is -2.42. The molecule has 1 saturated carbocycles. The van der Waals surface area contributed by atoms with Crippen molar-refractivity contribution in [2.24, 2.45) is 0 Å². The molecule has 1 N–H and O–H groups in total. The number of hydrogen-bond donors (Lipinski definition) is 1. The van der Waals surface area contributed by atoms with E-state index in [1.54, 1.807) is 12.1 Å². The fourth-order valence-corrected chi connectivity index (χ4v) is 4.06. The monoisotopic (exact) mass is 268 g/mol. The Morgan fingerprint density at radius 2 is 2.06 bits per heavy atom. The van der Waals surface area contributed by atoms with Gasteiger partial charge in [-0.15, -0.1) is 0 Å². The molecule has 0 radical (unpaired) electrons. The predicted octanol–water partition coefficient (Wildman–Crippen LogP) is 1.85. The highest BCUT2D eigenvalue weighted by Gasteiger charge is 2.41. The van der Waals surface area contributed by atoms with Crippen LogP contribution in [0.1, 0.15) is 35.2 Å². The summed E-state index contributed by atoms with van der Waals surface area (Å²) in [5.74, 6) is -0.881. The average Bonchev–Trinajstić information content (AvgIpc) is 2.22. The molecule has 98 valence electrons. The average molecular weight is 268 g/mol. The molecule has 1 fully saturated rings. The Labute approximate surface area is 107 Å². The van der Waals surface area contributed by atoms with E-state index < -0.39 is 15.8 Å². The molecule has 0 unspecified atom stereocenters. The molecule has 4 nitrogen and oxygen atoms in total. The minimum atomic E-state index is -3.07. The van der Waals surface area contributed by atoms with Crippen LogP contribution in [0.25, 0.3) is 0 Å². The second-order valence-electron chi connectivity index (χ2n) is 5.09. The van der Waals surface area contributed by atoms with Gasteiger partial charge in [0.25, 0.3) is 0 Å². The first kappa shape index (κ1) is 13.1. The minimum absolute atomic E-state index is 0.100. The molecule has 5 heteroatoms. The van der Waals surface area contributed by atoms with Crippen LogP contribution in [0.2, 0.25) is 0 Å². The van der Waals surface area contributed by atoms with Gasteiger partial charge in [-0.2, -0.15) is 0 Å². The van der Waals surface area contributed by atoms with Gasteiger partial charge in [0.2, 0.25) is 0 Å². The Morgan fingerprint density at radius 1 is 1.39 bits per heavy atom. The highest BCUT2D eigenvalue weighted by molar-refractivity contribution is 7.90. The van der Waals surface area contributed by atoms with Gasteiger partial charge >= 0.3 is 5.97 Å². The van der Waals surface area contributed by atoms with Crippen molar-refractivity contribution in [1.82, 2.24) is 0 Å². The molecule has 1 aromatic rings. The van der Waals surface area contributed by atoms with Crippen molar-refractivity contribution in [3.05, 3.63) is 35.4 Å². The summed E-state index contributed by atoms with van der Waals surface area (Å²) in [6, 6.07) is 6.64. The summed E-state index contributed by atoms with van der Waals surface area (Å²) in [5, 5.41) is 8.98. The van der Waals surface area contributed by atoms with E-state index in [0.29, 0.717) is 0 Å². The van der Waals surface area contributed by atoms with E-state index in [1.165, 1.54) is 12.3 Å². The largest absolute Gasteiger partial charge is 0.478 e. The Balaban J connectivity index is 2.39. The third-order valence-corrected chi connectivity index (χ3v) is 4.65. The highest BCUT2D eigenvalue weighted by Crippen LogP contribution is 2.44. The standard InChI is InChI=1S/C13H16O4S/c1-18(16,17)9-13(6-3-7-13)11-5-2-4-10(8-11)12(14)15/h2,4-5,8H,3,6-7,9H2,1H3,(H,14,15). The number of carboxylic acids is 1. The Morgan fingerprint density at radius 3 is 2.50 bits per heavy atom. The van der Waals surface area contributed by atoms with Crippen molar-refractivity contribution in [2.45, 2.75) is 24.7 Å². The molecular formula is C13H16O4S. The maximum absolute atomic E-state index is 11.5. The molecule has 0 aliphatic heterocycles. The zero-order chi connectivity index (χ0) is 13.4. The lowest BCUT2D eigenvalue weighted by atomic mass is 9.65. The summed E-state index contributed by atoms with van der Waals surface area (Å²) < 4.78 is 23.0.